The first kappa shape index (κ1) is 29.9. The Kier molecular flexibility index (Phi) is 7.52. The van der Waals surface area contributed by atoms with Crippen molar-refractivity contribution >= 4 is 37.8 Å². The first-order valence-electron chi connectivity index (χ1n) is 13.9. The minimum Gasteiger partial charge on any atom is -0.350 e. The SMILES string of the molecule is Cc1ccc(S(=O)(=O)n2cc(-c3cnc(C(F)F)c4cnc(NC5CCCCC5N)nc34)c3ccc(C(F)(F)F)cc32)cc1. The van der Waals surface area contributed by atoms with Gasteiger partial charge in [-0.2, -0.15) is 13.2 Å². The zero-order valence-electron chi connectivity index (χ0n) is 23.3. The van der Waals surface area contributed by atoms with Gasteiger partial charge in [-0.15, -0.1) is 0 Å². The van der Waals surface area contributed by atoms with Crippen molar-refractivity contribution in [3.63, 3.8) is 0 Å². The number of benzene rings is 2. The lowest BCUT2D eigenvalue weighted by molar-refractivity contribution is -0.137. The molecule has 5 aromatic rings. The maximum absolute atomic E-state index is 14.0. The predicted molar refractivity (Wildman–Crippen MR) is 156 cm³/mol. The van der Waals surface area contributed by atoms with Crippen LogP contribution in [-0.4, -0.2) is 39.4 Å². The number of fused-ring (bicyclic) bond motifs is 2. The maximum Gasteiger partial charge on any atom is 0.416 e. The van der Waals surface area contributed by atoms with E-state index in [2.05, 4.69) is 20.3 Å². The van der Waals surface area contributed by atoms with E-state index < -0.39 is 33.9 Å². The van der Waals surface area contributed by atoms with Crippen LogP contribution in [0.4, 0.5) is 27.9 Å². The molecule has 3 heterocycles. The van der Waals surface area contributed by atoms with Crippen LogP contribution in [0, 0.1) is 6.92 Å². The normalized spacial score (nSPS) is 17.9. The molecule has 1 aliphatic rings. The maximum atomic E-state index is 14.0. The summed E-state index contributed by atoms with van der Waals surface area (Å²) in [5.74, 6) is 0.128. The molecule has 0 radical (unpaired) electrons. The van der Waals surface area contributed by atoms with Crippen LogP contribution in [0.5, 0.6) is 0 Å². The second kappa shape index (κ2) is 11.1. The molecule has 1 fully saturated rings. The van der Waals surface area contributed by atoms with Crippen molar-refractivity contribution in [3.8, 4) is 11.1 Å². The van der Waals surface area contributed by atoms with Crippen LogP contribution >= 0.6 is 0 Å². The molecule has 230 valence electrons. The summed E-state index contributed by atoms with van der Waals surface area (Å²) >= 11 is 0. The zero-order chi connectivity index (χ0) is 31.4. The van der Waals surface area contributed by atoms with Crippen molar-refractivity contribution in [3.05, 3.63) is 77.9 Å². The van der Waals surface area contributed by atoms with Gasteiger partial charge in [0.15, 0.2) is 0 Å². The van der Waals surface area contributed by atoms with E-state index in [0.29, 0.717) is 0 Å². The van der Waals surface area contributed by atoms with Gasteiger partial charge in [-0.1, -0.05) is 36.6 Å². The number of nitrogens with two attached hydrogens (primary N) is 1. The largest absolute Gasteiger partial charge is 0.416 e. The van der Waals surface area contributed by atoms with Crippen LogP contribution in [-0.2, 0) is 16.2 Å². The molecule has 6 rings (SSSR count). The number of alkyl halides is 5. The second-order valence-corrected chi connectivity index (χ2v) is 12.7. The first-order valence-corrected chi connectivity index (χ1v) is 15.3. The monoisotopic (exact) mass is 630 g/mol. The smallest absolute Gasteiger partial charge is 0.350 e. The Balaban J connectivity index is 1.59. The number of hydrogen-bond donors (Lipinski definition) is 2. The van der Waals surface area contributed by atoms with Crippen LogP contribution in [0.3, 0.4) is 0 Å². The van der Waals surface area contributed by atoms with Crippen LogP contribution in [0.1, 0.15) is 48.9 Å². The fraction of sp³-hybridized carbons (Fsp3) is 0.300. The van der Waals surface area contributed by atoms with Gasteiger partial charge in [-0.05, 0) is 44.0 Å². The van der Waals surface area contributed by atoms with E-state index in [1.165, 1.54) is 24.5 Å². The van der Waals surface area contributed by atoms with Crippen LogP contribution in [0.25, 0.3) is 32.9 Å². The highest BCUT2D eigenvalue weighted by Crippen LogP contribution is 2.40. The predicted octanol–water partition coefficient (Wildman–Crippen LogP) is 6.83. The molecule has 1 aliphatic carbocycles. The molecule has 14 heteroatoms. The van der Waals surface area contributed by atoms with Gasteiger partial charge in [0.1, 0.15) is 5.69 Å². The Morgan fingerprint density at radius 3 is 2.39 bits per heavy atom. The number of aryl methyl sites for hydroxylation is 1. The minimum atomic E-state index is -4.75. The van der Waals surface area contributed by atoms with Crippen molar-refractivity contribution in [2.75, 3.05) is 5.32 Å². The number of halogens is 5. The van der Waals surface area contributed by atoms with Gasteiger partial charge >= 0.3 is 6.18 Å². The highest BCUT2D eigenvalue weighted by Gasteiger charge is 2.33. The van der Waals surface area contributed by atoms with Gasteiger partial charge in [0.25, 0.3) is 16.4 Å². The molecule has 0 spiro atoms. The minimum absolute atomic E-state index is 0.0314. The van der Waals surface area contributed by atoms with Gasteiger partial charge in [0, 0.05) is 52.6 Å². The Morgan fingerprint density at radius 1 is 0.977 bits per heavy atom. The van der Waals surface area contributed by atoms with E-state index in [-0.39, 0.29) is 55.9 Å². The summed E-state index contributed by atoms with van der Waals surface area (Å²) in [6, 6.07) is 8.30. The van der Waals surface area contributed by atoms with Gasteiger partial charge in [-0.3, -0.25) is 4.98 Å². The fourth-order valence-corrected chi connectivity index (χ4v) is 6.96. The van der Waals surface area contributed by atoms with Crippen molar-refractivity contribution in [1.82, 2.24) is 18.9 Å². The molecular weight excluding hydrogens is 603 g/mol. The molecule has 0 bridgehead atoms. The van der Waals surface area contributed by atoms with Gasteiger partial charge < -0.3 is 11.1 Å². The lowest BCUT2D eigenvalue weighted by Gasteiger charge is -2.29. The van der Waals surface area contributed by atoms with Gasteiger partial charge in [-0.25, -0.2) is 31.1 Å². The molecule has 8 nitrogen and oxygen atoms in total. The fourth-order valence-electron chi connectivity index (χ4n) is 5.60. The van der Waals surface area contributed by atoms with Gasteiger partial charge in [0.05, 0.1) is 21.5 Å². The Morgan fingerprint density at radius 2 is 1.70 bits per heavy atom. The Bertz CT molecular complexity index is 1980. The van der Waals surface area contributed by atoms with Crippen molar-refractivity contribution in [2.45, 2.75) is 62.2 Å². The lowest BCUT2D eigenvalue weighted by Crippen LogP contribution is -2.42. The molecule has 0 saturated heterocycles. The summed E-state index contributed by atoms with van der Waals surface area (Å²) in [4.78, 5) is 12.6. The average molecular weight is 631 g/mol. The summed E-state index contributed by atoms with van der Waals surface area (Å²) < 4.78 is 97.7. The van der Waals surface area contributed by atoms with Crippen molar-refractivity contribution < 1.29 is 30.4 Å². The van der Waals surface area contributed by atoms with E-state index in [0.717, 1.165) is 59.6 Å². The first-order chi connectivity index (χ1) is 20.8. The highest BCUT2D eigenvalue weighted by molar-refractivity contribution is 7.90. The topological polar surface area (TPSA) is 116 Å². The number of rotatable bonds is 6. The van der Waals surface area contributed by atoms with E-state index in [1.54, 1.807) is 19.1 Å². The molecule has 44 heavy (non-hydrogen) atoms. The molecule has 0 amide bonds. The van der Waals surface area contributed by atoms with Crippen LogP contribution in [0.2, 0.25) is 0 Å². The number of anilines is 1. The highest BCUT2D eigenvalue weighted by atomic mass is 32.2. The van der Waals surface area contributed by atoms with Crippen molar-refractivity contribution in [1.29, 1.82) is 0 Å². The second-order valence-electron chi connectivity index (χ2n) is 10.9. The number of hydrogen-bond acceptors (Lipinski definition) is 7. The van der Waals surface area contributed by atoms with E-state index in [4.69, 9.17) is 5.73 Å². The third kappa shape index (κ3) is 5.36. The van der Waals surface area contributed by atoms with E-state index in [1.807, 2.05) is 0 Å². The third-order valence-electron chi connectivity index (χ3n) is 7.96. The lowest BCUT2D eigenvalue weighted by atomic mass is 9.91. The van der Waals surface area contributed by atoms with Gasteiger partial charge in [0.2, 0.25) is 5.95 Å². The summed E-state index contributed by atoms with van der Waals surface area (Å²) in [5, 5.41) is 3.24. The summed E-state index contributed by atoms with van der Waals surface area (Å²) in [6.45, 7) is 1.77. The molecule has 2 atom stereocenters. The standard InChI is InChI=1S/C30H27F5N6O2S/c1-16-6-9-18(10-7-16)44(42,43)41-15-22(19-11-8-17(12-25(19)41)30(33,34)35)20-13-37-27(28(31)32)21-14-38-29(40-26(20)21)39-24-5-3-2-4-23(24)36/h6-15,23-24,28H,2-5,36H2,1H3,(H,38,39,40). The molecular formula is C30H27F5N6O2S. The summed E-state index contributed by atoms with van der Waals surface area (Å²) in [6.07, 6.45) is -0.731. The Labute approximate surface area is 249 Å². The molecule has 3 N–H and O–H groups in total. The summed E-state index contributed by atoms with van der Waals surface area (Å²) in [7, 11) is -4.39. The zero-order valence-corrected chi connectivity index (χ0v) is 24.1. The van der Waals surface area contributed by atoms with Crippen LogP contribution in [0.15, 0.2) is 66.0 Å². The molecule has 2 aromatic carbocycles. The number of pyridine rings is 1. The Hall–Kier alpha value is -4.17. The van der Waals surface area contributed by atoms with E-state index >= 15 is 0 Å². The number of aromatic nitrogens is 4. The average Bonchev–Trinajstić information content (AvgIpc) is 3.37. The third-order valence-corrected chi connectivity index (χ3v) is 9.65. The van der Waals surface area contributed by atoms with Crippen molar-refractivity contribution in [2.24, 2.45) is 5.73 Å². The number of nitrogens with zero attached hydrogens (tertiary/aromatic N) is 4. The summed E-state index contributed by atoms with van der Waals surface area (Å²) in [5.41, 5.74) is 5.48. The van der Waals surface area contributed by atoms with Crippen LogP contribution < -0.4 is 11.1 Å². The molecule has 2 unspecified atom stereocenters. The number of nitrogens with one attached hydrogen (secondary N) is 1. The quantitative estimate of drug-likeness (QED) is 0.198. The molecule has 0 aliphatic heterocycles. The molecule has 3 aromatic heterocycles. The van der Waals surface area contributed by atoms with E-state index in [9.17, 15) is 30.4 Å². The molecule has 1 saturated carbocycles.